The zero-order chi connectivity index (χ0) is 13.2. The Kier molecular flexibility index (Phi) is 3.70. The quantitative estimate of drug-likeness (QED) is 0.708. The van der Waals surface area contributed by atoms with Crippen LogP contribution >= 0.6 is 11.6 Å². The van der Waals surface area contributed by atoms with Gasteiger partial charge in [-0.3, -0.25) is 0 Å². The zero-order valence-electron chi connectivity index (χ0n) is 9.52. The molecule has 2 rings (SSSR count). The van der Waals surface area contributed by atoms with Gasteiger partial charge in [0.2, 0.25) is 0 Å². The second-order valence-electron chi connectivity index (χ2n) is 4.22. The minimum absolute atomic E-state index is 0.0157. The summed E-state index contributed by atoms with van der Waals surface area (Å²) in [6, 6.07) is 2.78. The molecule has 0 aromatic carbocycles. The number of anilines is 1. The number of carbonyl (C=O) groups is 1. The molecule has 1 aliphatic heterocycles. The van der Waals surface area contributed by atoms with Crippen molar-refractivity contribution in [3.05, 3.63) is 22.8 Å². The van der Waals surface area contributed by atoms with Crippen molar-refractivity contribution >= 4 is 23.4 Å². The van der Waals surface area contributed by atoms with Crippen molar-refractivity contribution in [3.8, 4) is 0 Å². The number of nitrogens with zero attached hydrogens (tertiary/aromatic N) is 1. The van der Waals surface area contributed by atoms with Crippen LogP contribution in [0.5, 0.6) is 0 Å². The molecule has 0 saturated carbocycles. The molecule has 0 amide bonds. The highest BCUT2D eigenvalue weighted by atomic mass is 35.5. The molecular formula is C11H13ClN2O4. The van der Waals surface area contributed by atoms with E-state index in [0.717, 1.165) is 0 Å². The first kappa shape index (κ1) is 13.1. The highest BCUT2D eigenvalue weighted by molar-refractivity contribution is 6.29. The SMILES string of the molecule is O=C(O)c1ccc(Cl)nc1NCC1(O)CCOC1. The second kappa shape index (κ2) is 5.09. The van der Waals surface area contributed by atoms with E-state index in [2.05, 4.69) is 10.3 Å². The molecule has 0 spiro atoms. The number of aromatic nitrogens is 1. The molecule has 18 heavy (non-hydrogen) atoms. The Hall–Kier alpha value is -1.37. The first-order valence-electron chi connectivity index (χ1n) is 5.44. The summed E-state index contributed by atoms with van der Waals surface area (Å²) in [6.45, 7) is 0.885. The number of carboxylic acid groups (broad SMARTS) is 1. The topological polar surface area (TPSA) is 91.7 Å². The number of aromatic carboxylic acids is 1. The third kappa shape index (κ3) is 2.90. The van der Waals surface area contributed by atoms with Crippen molar-refractivity contribution in [2.24, 2.45) is 0 Å². The molecule has 1 fully saturated rings. The molecule has 2 heterocycles. The number of ether oxygens (including phenoxy) is 1. The van der Waals surface area contributed by atoms with Gasteiger partial charge in [-0.2, -0.15) is 0 Å². The van der Waals surface area contributed by atoms with Crippen LogP contribution in [-0.2, 0) is 4.74 Å². The van der Waals surface area contributed by atoms with Crippen molar-refractivity contribution in [2.75, 3.05) is 25.1 Å². The third-order valence-corrected chi connectivity index (χ3v) is 2.97. The van der Waals surface area contributed by atoms with Gasteiger partial charge in [0, 0.05) is 19.6 Å². The van der Waals surface area contributed by atoms with Gasteiger partial charge in [0.1, 0.15) is 22.1 Å². The highest BCUT2D eigenvalue weighted by Crippen LogP contribution is 2.21. The maximum Gasteiger partial charge on any atom is 0.339 e. The molecule has 1 atom stereocenters. The Bertz CT molecular complexity index is 460. The number of nitrogens with one attached hydrogen (secondary N) is 1. The molecule has 0 radical (unpaired) electrons. The van der Waals surface area contributed by atoms with Crippen LogP contribution in [0.1, 0.15) is 16.8 Å². The number of hydrogen-bond acceptors (Lipinski definition) is 5. The summed E-state index contributed by atoms with van der Waals surface area (Å²) >= 11 is 5.72. The lowest BCUT2D eigenvalue weighted by molar-refractivity contribution is 0.0380. The number of rotatable bonds is 4. The van der Waals surface area contributed by atoms with Gasteiger partial charge < -0.3 is 20.3 Å². The lowest BCUT2D eigenvalue weighted by Crippen LogP contribution is -2.37. The number of pyridine rings is 1. The van der Waals surface area contributed by atoms with Crippen molar-refractivity contribution in [1.82, 2.24) is 4.98 Å². The fourth-order valence-corrected chi connectivity index (χ4v) is 1.87. The summed E-state index contributed by atoms with van der Waals surface area (Å²) in [4.78, 5) is 14.9. The molecule has 0 bridgehead atoms. The molecule has 0 aliphatic carbocycles. The fraction of sp³-hybridized carbons (Fsp3) is 0.455. The van der Waals surface area contributed by atoms with E-state index in [4.69, 9.17) is 21.4 Å². The van der Waals surface area contributed by atoms with Crippen molar-refractivity contribution < 1.29 is 19.7 Å². The lowest BCUT2D eigenvalue weighted by Gasteiger charge is -2.21. The molecular weight excluding hydrogens is 260 g/mol. The van der Waals surface area contributed by atoms with E-state index in [1.807, 2.05) is 0 Å². The molecule has 1 aromatic rings. The van der Waals surface area contributed by atoms with E-state index in [-0.39, 0.29) is 29.7 Å². The second-order valence-corrected chi connectivity index (χ2v) is 4.60. The van der Waals surface area contributed by atoms with E-state index in [1.165, 1.54) is 12.1 Å². The summed E-state index contributed by atoms with van der Waals surface area (Å²) in [5, 5.41) is 22.1. The Morgan fingerprint density at radius 1 is 1.61 bits per heavy atom. The average molecular weight is 273 g/mol. The number of carboxylic acids is 1. The van der Waals surface area contributed by atoms with Crippen molar-refractivity contribution in [1.29, 1.82) is 0 Å². The standard InChI is InChI=1S/C11H13ClN2O4/c12-8-2-1-7(10(15)16)9(14-8)13-5-11(17)3-4-18-6-11/h1-2,17H,3-6H2,(H,13,14)(H,15,16). The van der Waals surface area contributed by atoms with Crippen LogP contribution in [0, 0.1) is 0 Å². The van der Waals surface area contributed by atoms with Gasteiger partial charge in [-0.05, 0) is 12.1 Å². The van der Waals surface area contributed by atoms with Crippen LogP contribution in [0.25, 0.3) is 0 Å². The monoisotopic (exact) mass is 272 g/mol. The van der Waals surface area contributed by atoms with Gasteiger partial charge in [-0.25, -0.2) is 9.78 Å². The van der Waals surface area contributed by atoms with Gasteiger partial charge >= 0.3 is 5.97 Å². The predicted octanol–water partition coefficient (Wildman–Crippen LogP) is 0.996. The molecule has 7 heteroatoms. The summed E-state index contributed by atoms with van der Waals surface area (Å²) in [7, 11) is 0. The van der Waals surface area contributed by atoms with E-state index in [1.54, 1.807) is 0 Å². The van der Waals surface area contributed by atoms with Crippen LogP contribution in [0.4, 0.5) is 5.82 Å². The molecule has 1 saturated heterocycles. The number of hydrogen-bond donors (Lipinski definition) is 3. The number of aliphatic hydroxyl groups is 1. The van der Waals surface area contributed by atoms with Gasteiger partial charge in [0.25, 0.3) is 0 Å². The molecule has 98 valence electrons. The third-order valence-electron chi connectivity index (χ3n) is 2.76. The summed E-state index contributed by atoms with van der Waals surface area (Å²) in [5.41, 5.74) is -0.971. The lowest BCUT2D eigenvalue weighted by atomic mass is 10.0. The number of halogens is 1. The molecule has 1 unspecified atom stereocenters. The molecule has 3 N–H and O–H groups in total. The van der Waals surface area contributed by atoms with Crippen LogP contribution in [0.15, 0.2) is 12.1 Å². The molecule has 6 nitrogen and oxygen atoms in total. The molecule has 1 aromatic heterocycles. The molecule has 1 aliphatic rings. The summed E-state index contributed by atoms with van der Waals surface area (Å²) < 4.78 is 5.10. The normalized spacial score (nSPS) is 23.0. The van der Waals surface area contributed by atoms with Crippen LogP contribution < -0.4 is 5.32 Å². The van der Waals surface area contributed by atoms with Crippen LogP contribution in [-0.4, -0.2) is 46.5 Å². The maximum atomic E-state index is 11.0. The van der Waals surface area contributed by atoms with E-state index in [0.29, 0.717) is 13.0 Å². The van der Waals surface area contributed by atoms with E-state index >= 15 is 0 Å². The minimum atomic E-state index is -1.10. The van der Waals surface area contributed by atoms with Gasteiger partial charge in [-0.1, -0.05) is 11.6 Å². The van der Waals surface area contributed by atoms with Gasteiger partial charge in [0.15, 0.2) is 0 Å². The highest BCUT2D eigenvalue weighted by Gasteiger charge is 2.32. The minimum Gasteiger partial charge on any atom is -0.478 e. The largest absolute Gasteiger partial charge is 0.478 e. The summed E-state index contributed by atoms with van der Waals surface area (Å²) in [5.74, 6) is -0.952. The Balaban J connectivity index is 2.12. The Morgan fingerprint density at radius 2 is 2.39 bits per heavy atom. The maximum absolute atomic E-state index is 11.0. The van der Waals surface area contributed by atoms with Gasteiger partial charge in [0.05, 0.1) is 6.61 Å². The first-order valence-corrected chi connectivity index (χ1v) is 5.82. The van der Waals surface area contributed by atoms with Crippen LogP contribution in [0.2, 0.25) is 5.15 Å². The Morgan fingerprint density at radius 3 is 3.00 bits per heavy atom. The van der Waals surface area contributed by atoms with Crippen molar-refractivity contribution in [2.45, 2.75) is 12.0 Å². The Labute approximate surface area is 109 Å². The van der Waals surface area contributed by atoms with Crippen molar-refractivity contribution in [3.63, 3.8) is 0 Å². The first-order chi connectivity index (χ1) is 8.50. The predicted molar refractivity (Wildman–Crippen MR) is 65.1 cm³/mol. The van der Waals surface area contributed by atoms with E-state index < -0.39 is 11.6 Å². The van der Waals surface area contributed by atoms with E-state index in [9.17, 15) is 9.90 Å². The van der Waals surface area contributed by atoms with Crippen LogP contribution in [0.3, 0.4) is 0 Å². The summed E-state index contributed by atoms with van der Waals surface area (Å²) in [6.07, 6.45) is 0.503. The van der Waals surface area contributed by atoms with Gasteiger partial charge in [-0.15, -0.1) is 0 Å². The smallest absolute Gasteiger partial charge is 0.339 e. The fourth-order valence-electron chi connectivity index (χ4n) is 1.73. The average Bonchev–Trinajstić information content (AvgIpc) is 2.74. The zero-order valence-corrected chi connectivity index (χ0v) is 10.3.